The molecule has 4 heteroatoms. The molecule has 1 aromatic heterocycles. The lowest BCUT2D eigenvalue weighted by Crippen LogP contribution is -2.04. The van der Waals surface area contributed by atoms with Crippen LogP contribution >= 0.6 is 0 Å². The largest absolute Gasteiger partial charge is 0.479 e. The van der Waals surface area contributed by atoms with E-state index < -0.39 is 12.1 Å². The number of hydrogen-bond acceptors (Lipinski definition) is 2. The molecule has 1 atom stereocenters. The van der Waals surface area contributed by atoms with Gasteiger partial charge in [0, 0.05) is 10.9 Å². The van der Waals surface area contributed by atoms with Crippen molar-refractivity contribution in [3.8, 4) is 0 Å². The number of fused-ring (bicyclic) bond motifs is 1. The molecule has 1 unspecified atom stereocenters. The normalized spacial score (nSPS) is 12.9. The molecule has 0 saturated heterocycles. The van der Waals surface area contributed by atoms with Crippen LogP contribution in [0.1, 0.15) is 11.7 Å². The van der Waals surface area contributed by atoms with Crippen molar-refractivity contribution in [1.29, 1.82) is 0 Å². The molecule has 2 aromatic rings. The van der Waals surface area contributed by atoms with Gasteiger partial charge >= 0.3 is 5.97 Å². The van der Waals surface area contributed by atoms with Crippen molar-refractivity contribution in [2.75, 3.05) is 0 Å². The van der Waals surface area contributed by atoms with Crippen LogP contribution in [0.15, 0.2) is 34.9 Å². The van der Waals surface area contributed by atoms with Crippen molar-refractivity contribution in [2.24, 2.45) is 0 Å². The maximum absolute atomic E-state index is 13.2. The molecular weight excluding hydrogens is 187 g/mol. The van der Waals surface area contributed by atoms with E-state index in [1.54, 1.807) is 24.3 Å². The van der Waals surface area contributed by atoms with Gasteiger partial charge in [-0.25, -0.2) is 9.18 Å². The van der Waals surface area contributed by atoms with Crippen molar-refractivity contribution in [3.05, 3.63) is 36.1 Å². The Bertz CT molecular complexity index is 475. The van der Waals surface area contributed by atoms with Crippen LogP contribution in [0, 0.1) is 0 Å². The summed E-state index contributed by atoms with van der Waals surface area (Å²) in [6, 6.07) is 6.73. The molecule has 0 aliphatic carbocycles. The van der Waals surface area contributed by atoms with Crippen LogP contribution in [0.2, 0.25) is 0 Å². The topological polar surface area (TPSA) is 50.4 Å². The summed E-state index contributed by atoms with van der Waals surface area (Å²) in [6.07, 6.45) is -0.887. The van der Waals surface area contributed by atoms with Crippen molar-refractivity contribution >= 4 is 16.9 Å². The standard InChI is InChI=1S/C10H7FO3/c11-9(10(12)13)7-5-14-8-4-2-1-3-6(7)8/h1-5,9H,(H,12,13). The van der Waals surface area contributed by atoms with E-state index >= 15 is 0 Å². The maximum atomic E-state index is 13.2. The lowest BCUT2D eigenvalue weighted by Gasteiger charge is -1.98. The molecule has 1 aromatic carbocycles. The third kappa shape index (κ3) is 1.25. The van der Waals surface area contributed by atoms with Crippen LogP contribution in [-0.2, 0) is 4.79 Å². The van der Waals surface area contributed by atoms with Gasteiger partial charge in [0.2, 0.25) is 6.17 Å². The fourth-order valence-electron chi connectivity index (χ4n) is 1.33. The number of rotatable bonds is 2. The number of carboxylic acids is 1. The molecule has 0 bridgehead atoms. The zero-order valence-corrected chi connectivity index (χ0v) is 7.11. The average Bonchev–Trinajstić information content (AvgIpc) is 2.60. The third-order valence-corrected chi connectivity index (χ3v) is 2.00. The van der Waals surface area contributed by atoms with Crippen LogP contribution in [0.4, 0.5) is 4.39 Å². The zero-order chi connectivity index (χ0) is 10.1. The smallest absolute Gasteiger partial charge is 0.343 e. The number of aliphatic carboxylic acids is 1. The van der Waals surface area contributed by atoms with Crippen LogP contribution in [0.5, 0.6) is 0 Å². The van der Waals surface area contributed by atoms with Crippen LogP contribution in [0.3, 0.4) is 0 Å². The highest BCUT2D eigenvalue weighted by atomic mass is 19.1. The lowest BCUT2D eigenvalue weighted by molar-refractivity contribution is -0.143. The molecule has 3 nitrogen and oxygen atoms in total. The second-order valence-corrected chi connectivity index (χ2v) is 2.89. The first-order valence-corrected chi connectivity index (χ1v) is 4.03. The quantitative estimate of drug-likeness (QED) is 0.799. The molecule has 72 valence electrons. The van der Waals surface area contributed by atoms with Gasteiger partial charge in [-0.2, -0.15) is 0 Å². The molecule has 0 amide bonds. The van der Waals surface area contributed by atoms with Crippen molar-refractivity contribution in [1.82, 2.24) is 0 Å². The summed E-state index contributed by atoms with van der Waals surface area (Å²) in [5.41, 5.74) is 0.555. The van der Waals surface area contributed by atoms with Crippen molar-refractivity contribution in [2.45, 2.75) is 6.17 Å². The van der Waals surface area contributed by atoms with E-state index in [1.165, 1.54) is 0 Å². The van der Waals surface area contributed by atoms with Gasteiger partial charge in [0.05, 0.1) is 6.26 Å². The second kappa shape index (κ2) is 3.14. The van der Waals surface area contributed by atoms with E-state index in [0.717, 1.165) is 6.26 Å². The lowest BCUT2D eigenvalue weighted by atomic mass is 10.1. The number of carbonyl (C=O) groups is 1. The highest BCUT2D eigenvalue weighted by Gasteiger charge is 2.22. The number of benzene rings is 1. The van der Waals surface area contributed by atoms with Crippen LogP contribution < -0.4 is 0 Å². The summed E-state index contributed by atoms with van der Waals surface area (Å²) in [7, 11) is 0. The molecule has 0 aliphatic heterocycles. The van der Waals surface area contributed by atoms with Gasteiger partial charge in [-0.1, -0.05) is 18.2 Å². The Morgan fingerprint density at radius 2 is 2.14 bits per heavy atom. The molecule has 0 fully saturated rings. The van der Waals surface area contributed by atoms with Gasteiger partial charge in [0.15, 0.2) is 0 Å². The Balaban J connectivity index is 2.58. The minimum Gasteiger partial charge on any atom is -0.479 e. The van der Waals surface area contributed by atoms with E-state index in [-0.39, 0.29) is 5.56 Å². The summed E-state index contributed by atoms with van der Waals surface area (Å²) in [5, 5.41) is 9.00. The Morgan fingerprint density at radius 3 is 2.86 bits per heavy atom. The van der Waals surface area contributed by atoms with E-state index in [4.69, 9.17) is 9.52 Å². The van der Waals surface area contributed by atoms with Gasteiger partial charge in [-0.3, -0.25) is 0 Å². The minimum absolute atomic E-state index is 0.0631. The predicted molar refractivity (Wildman–Crippen MR) is 47.7 cm³/mol. The van der Waals surface area contributed by atoms with Crippen LogP contribution in [-0.4, -0.2) is 11.1 Å². The molecule has 14 heavy (non-hydrogen) atoms. The van der Waals surface area contributed by atoms with E-state index in [9.17, 15) is 9.18 Å². The fourth-order valence-corrected chi connectivity index (χ4v) is 1.33. The third-order valence-electron chi connectivity index (χ3n) is 2.00. The molecule has 0 radical (unpaired) electrons. The first-order chi connectivity index (χ1) is 6.70. The van der Waals surface area contributed by atoms with Crippen LogP contribution in [0.25, 0.3) is 11.0 Å². The summed E-state index contributed by atoms with van der Waals surface area (Å²) in [6.45, 7) is 0. The Morgan fingerprint density at radius 1 is 1.43 bits per heavy atom. The molecule has 2 rings (SSSR count). The van der Waals surface area contributed by atoms with Crippen molar-refractivity contribution in [3.63, 3.8) is 0 Å². The monoisotopic (exact) mass is 194 g/mol. The highest BCUT2D eigenvalue weighted by molar-refractivity contribution is 5.86. The Hall–Kier alpha value is -1.84. The van der Waals surface area contributed by atoms with Gasteiger partial charge in [-0.05, 0) is 6.07 Å². The zero-order valence-electron chi connectivity index (χ0n) is 7.11. The second-order valence-electron chi connectivity index (χ2n) is 2.89. The number of halogens is 1. The van der Waals surface area contributed by atoms with Gasteiger partial charge in [0.25, 0.3) is 0 Å². The Labute approximate surface area is 78.8 Å². The number of para-hydroxylation sites is 1. The number of hydrogen-bond donors (Lipinski definition) is 1. The molecule has 1 N–H and O–H groups in total. The summed E-state index contributed by atoms with van der Waals surface area (Å²) in [5.74, 6) is -1.50. The molecule has 0 saturated carbocycles. The summed E-state index contributed by atoms with van der Waals surface area (Å²) < 4.78 is 18.2. The fraction of sp³-hybridized carbons (Fsp3) is 0.100. The van der Waals surface area contributed by atoms with E-state index in [2.05, 4.69) is 0 Å². The maximum Gasteiger partial charge on any atom is 0.343 e. The Kier molecular flexibility index (Phi) is 1.96. The molecule has 0 spiro atoms. The summed E-state index contributed by atoms with van der Waals surface area (Å²) in [4.78, 5) is 10.4. The average molecular weight is 194 g/mol. The van der Waals surface area contributed by atoms with Gasteiger partial charge in [0.1, 0.15) is 5.58 Å². The first-order valence-electron chi connectivity index (χ1n) is 4.03. The SMILES string of the molecule is O=C(O)C(F)c1coc2ccccc12. The first kappa shape index (κ1) is 8.74. The van der Waals surface area contributed by atoms with E-state index in [1.807, 2.05) is 0 Å². The number of alkyl halides is 1. The van der Waals surface area contributed by atoms with E-state index in [0.29, 0.717) is 11.0 Å². The molecule has 0 aliphatic rings. The summed E-state index contributed by atoms with van der Waals surface area (Å²) >= 11 is 0. The molecular formula is C10H7FO3. The minimum atomic E-state index is -2.03. The number of carboxylic acid groups (broad SMARTS) is 1. The van der Waals surface area contributed by atoms with Gasteiger partial charge in [-0.15, -0.1) is 0 Å². The number of furan rings is 1. The van der Waals surface area contributed by atoms with Gasteiger partial charge < -0.3 is 9.52 Å². The highest BCUT2D eigenvalue weighted by Crippen LogP contribution is 2.28. The van der Waals surface area contributed by atoms with Crippen molar-refractivity contribution < 1.29 is 18.7 Å². The predicted octanol–water partition coefficient (Wildman–Crippen LogP) is 2.53. The molecule has 1 heterocycles.